The molecule has 1 aromatic heterocycles. The summed E-state index contributed by atoms with van der Waals surface area (Å²) in [5.74, 6) is 0.153. The molecule has 6 nitrogen and oxygen atoms in total. The Labute approximate surface area is 153 Å². The van der Waals surface area contributed by atoms with Crippen LogP contribution in [0.25, 0.3) is 10.9 Å². The van der Waals surface area contributed by atoms with Gasteiger partial charge in [-0.05, 0) is 24.0 Å². The maximum absolute atomic E-state index is 12.6. The molecule has 1 aromatic carbocycles. The first-order valence-corrected chi connectivity index (χ1v) is 9.22. The highest BCUT2D eigenvalue weighted by molar-refractivity contribution is 5.87. The van der Waals surface area contributed by atoms with E-state index in [9.17, 15) is 14.7 Å². The standard InChI is InChI=1S/C20H27N3O3/c1-14(2)10-22-11-16(24)12-23(13-20(22)26)19(25)8-7-15-9-21-18-6-4-3-5-17(15)18/h3-6,9,14,16,21,24H,7-8,10-13H2,1-2H3. The van der Waals surface area contributed by atoms with Gasteiger partial charge in [-0.1, -0.05) is 32.0 Å². The Morgan fingerprint density at radius 2 is 2.08 bits per heavy atom. The first-order valence-electron chi connectivity index (χ1n) is 9.22. The first-order chi connectivity index (χ1) is 12.4. The SMILES string of the molecule is CC(C)CN1CC(O)CN(C(=O)CCc2c[nH]c3ccccc23)CC1=O. The van der Waals surface area contributed by atoms with Crippen molar-refractivity contribution in [3.8, 4) is 0 Å². The largest absolute Gasteiger partial charge is 0.389 e. The van der Waals surface area contributed by atoms with E-state index in [1.165, 1.54) is 4.90 Å². The summed E-state index contributed by atoms with van der Waals surface area (Å²) in [6.45, 7) is 5.24. The van der Waals surface area contributed by atoms with Crippen LogP contribution < -0.4 is 0 Å². The van der Waals surface area contributed by atoms with Gasteiger partial charge < -0.3 is 19.9 Å². The van der Waals surface area contributed by atoms with Gasteiger partial charge in [-0.25, -0.2) is 0 Å². The molecule has 1 aliphatic heterocycles. The molecule has 3 rings (SSSR count). The van der Waals surface area contributed by atoms with Crippen LogP contribution in [0.15, 0.2) is 30.5 Å². The van der Waals surface area contributed by atoms with Crippen molar-refractivity contribution < 1.29 is 14.7 Å². The molecule has 0 bridgehead atoms. The van der Waals surface area contributed by atoms with Crippen molar-refractivity contribution in [3.05, 3.63) is 36.0 Å². The van der Waals surface area contributed by atoms with E-state index in [4.69, 9.17) is 0 Å². The van der Waals surface area contributed by atoms with Crippen molar-refractivity contribution in [1.82, 2.24) is 14.8 Å². The molecule has 0 saturated carbocycles. The molecule has 2 heterocycles. The van der Waals surface area contributed by atoms with Crippen LogP contribution in [0.1, 0.15) is 25.8 Å². The lowest BCUT2D eigenvalue weighted by Crippen LogP contribution is -2.40. The number of para-hydroxylation sites is 1. The minimum atomic E-state index is -0.697. The minimum Gasteiger partial charge on any atom is -0.389 e. The number of carbonyl (C=O) groups excluding carboxylic acids is 2. The summed E-state index contributed by atoms with van der Waals surface area (Å²) in [6.07, 6.45) is 2.17. The number of nitrogens with zero attached hydrogens (tertiary/aromatic N) is 2. The number of fused-ring (bicyclic) bond motifs is 1. The van der Waals surface area contributed by atoms with Gasteiger partial charge in [0.15, 0.2) is 0 Å². The fraction of sp³-hybridized carbons (Fsp3) is 0.500. The highest BCUT2D eigenvalue weighted by Gasteiger charge is 2.29. The second-order valence-corrected chi connectivity index (χ2v) is 7.48. The van der Waals surface area contributed by atoms with E-state index in [-0.39, 0.29) is 24.9 Å². The lowest BCUT2D eigenvalue weighted by Gasteiger charge is -2.23. The van der Waals surface area contributed by atoms with Crippen LogP contribution in [-0.2, 0) is 16.0 Å². The van der Waals surface area contributed by atoms with E-state index in [0.717, 1.165) is 16.5 Å². The zero-order valence-corrected chi connectivity index (χ0v) is 15.4. The molecule has 1 aliphatic rings. The number of aromatic nitrogens is 1. The topological polar surface area (TPSA) is 76.6 Å². The van der Waals surface area contributed by atoms with Gasteiger partial charge in [0, 0.05) is 43.2 Å². The van der Waals surface area contributed by atoms with E-state index in [0.29, 0.717) is 31.8 Å². The third-order valence-electron chi connectivity index (χ3n) is 4.76. The lowest BCUT2D eigenvalue weighted by atomic mass is 10.1. The van der Waals surface area contributed by atoms with E-state index in [1.54, 1.807) is 4.90 Å². The number of amides is 2. The molecule has 0 aliphatic carbocycles. The number of aromatic amines is 1. The number of hydrogen-bond donors (Lipinski definition) is 2. The molecule has 0 spiro atoms. The molecule has 26 heavy (non-hydrogen) atoms. The Kier molecular flexibility index (Phi) is 5.61. The monoisotopic (exact) mass is 357 g/mol. The van der Waals surface area contributed by atoms with E-state index < -0.39 is 6.10 Å². The van der Waals surface area contributed by atoms with Crippen LogP contribution in [0.5, 0.6) is 0 Å². The number of benzene rings is 1. The number of aliphatic hydroxyl groups is 1. The third kappa shape index (κ3) is 4.25. The molecule has 140 valence electrons. The molecule has 2 amide bonds. The number of carbonyl (C=O) groups is 2. The molecular weight excluding hydrogens is 330 g/mol. The molecule has 1 unspecified atom stereocenters. The van der Waals surface area contributed by atoms with Crippen LogP contribution >= 0.6 is 0 Å². The van der Waals surface area contributed by atoms with Crippen LogP contribution in [0.4, 0.5) is 0 Å². The van der Waals surface area contributed by atoms with Crippen molar-refractivity contribution in [2.24, 2.45) is 5.92 Å². The van der Waals surface area contributed by atoms with Crippen LogP contribution in [-0.4, -0.2) is 64.0 Å². The highest BCUT2D eigenvalue weighted by Crippen LogP contribution is 2.19. The second kappa shape index (κ2) is 7.91. The molecule has 2 N–H and O–H groups in total. The summed E-state index contributed by atoms with van der Waals surface area (Å²) in [6, 6.07) is 8.00. The molecule has 6 heteroatoms. The fourth-order valence-electron chi connectivity index (χ4n) is 3.54. The lowest BCUT2D eigenvalue weighted by molar-refractivity contribution is -0.138. The molecule has 1 atom stereocenters. The average molecular weight is 357 g/mol. The summed E-state index contributed by atoms with van der Waals surface area (Å²) in [7, 11) is 0. The summed E-state index contributed by atoms with van der Waals surface area (Å²) < 4.78 is 0. The van der Waals surface area contributed by atoms with Crippen LogP contribution in [0.3, 0.4) is 0 Å². The quantitative estimate of drug-likeness (QED) is 0.856. The van der Waals surface area contributed by atoms with E-state index in [1.807, 2.05) is 44.3 Å². The number of β-amino-alcohol motifs (C(OH)–C–C–N with tert-alkyl or cyclic N) is 1. The van der Waals surface area contributed by atoms with Crippen molar-refractivity contribution >= 4 is 22.7 Å². The van der Waals surface area contributed by atoms with Crippen molar-refractivity contribution in [2.75, 3.05) is 26.2 Å². The fourth-order valence-corrected chi connectivity index (χ4v) is 3.54. The minimum absolute atomic E-state index is 0.0521. The number of rotatable bonds is 5. The second-order valence-electron chi connectivity index (χ2n) is 7.48. The summed E-state index contributed by atoms with van der Waals surface area (Å²) in [4.78, 5) is 31.5. The van der Waals surface area contributed by atoms with Crippen LogP contribution in [0.2, 0.25) is 0 Å². The van der Waals surface area contributed by atoms with Gasteiger partial charge in [0.05, 0.1) is 12.6 Å². The number of nitrogens with one attached hydrogen (secondary N) is 1. The van der Waals surface area contributed by atoms with Crippen LogP contribution in [0, 0.1) is 5.92 Å². The maximum Gasteiger partial charge on any atom is 0.242 e. The van der Waals surface area contributed by atoms with Gasteiger partial charge in [-0.2, -0.15) is 0 Å². The van der Waals surface area contributed by atoms with Crippen molar-refractivity contribution in [1.29, 1.82) is 0 Å². The van der Waals surface area contributed by atoms with Gasteiger partial charge in [0.2, 0.25) is 11.8 Å². The molecule has 2 aromatic rings. The zero-order valence-electron chi connectivity index (χ0n) is 15.4. The number of aryl methyl sites for hydroxylation is 1. The van der Waals surface area contributed by atoms with Gasteiger partial charge in [-0.3, -0.25) is 9.59 Å². The van der Waals surface area contributed by atoms with Crippen molar-refractivity contribution in [2.45, 2.75) is 32.8 Å². The van der Waals surface area contributed by atoms with Gasteiger partial charge in [0.25, 0.3) is 0 Å². The van der Waals surface area contributed by atoms with E-state index >= 15 is 0 Å². The summed E-state index contributed by atoms with van der Waals surface area (Å²) in [5, 5.41) is 11.3. The van der Waals surface area contributed by atoms with Crippen molar-refractivity contribution in [3.63, 3.8) is 0 Å². The Morgan fingerprint density at radius 3 is 2.85 bits per heavy atom. The molecule has 1 saturated heterocycles. The molecule has 1 fully saturated rings. The summed E-state index contributed by atoms with van der Waals surface area (Å²) >= 11 is 0. The average Bonchev–Trinajstić information content (AvgIpc) is 2.95. The number of aliphatic hydroxyl groups excluding tert-OH is 1. The highest BCUT2D eigenvalue weighted by atomic mass is 16.3. The zero-order chi connectivity index (χ0) is 18.7. The summed E-state index contributed by atoms with van der Waals surface area (Å²) in [5.41, 5.74) is 2.15. The first kappa shape index (κ1) is 18.5. The predicted octanol–water partition coefficient (Wildman–Crippen LogP) is 1.79. The molecular formula is C20H27N3O3. The number of hydrogen-bond acceptors (Lipinski definition) is 3. The molecule has 0 radical (unpaired) electrons. The van der Waals surface area contributed by atoms with E-state index in [2.05, 4.69) is 4.98 Å². The Hall–Kier alpha value is -2.34. The number of H-pyrrole nitrogens is 1. The third-order valence-corrected chi connectivity index (χ3v) is 4.76. The Balaban J connectivity index is 1.63. The maximum atomic E-state index is 12.6. The normalized spacial score (nSPS) is 18.6. The smallest absolute Gasteiger partial charge is 0.242 e. The van der Waals surface area contributed by atoms with Gasteiger partial charge in [0.1, 0.15) is 0 Å². The Bertz CT molecular complexity index is 783. The van der Waals surface area contributed by atoms with Gasteiger partial charge in [-0.15, -0.1) is 0 Å². The Morgan fingerprint density at radius 1 is 1.31 bits per heavy atom. The van der Waals surface area contributed by atoms with Gasteiger partial charge >= 0.3 is 0 Å². The predicted molar refractivity (Wildman–Crippen MR) is 101 cm³/mol.